The summed E-state index contributed by atoms with van der Waals surface area (Å²) in [6.07, 6.45) is 2.13. The standard InChI is InChI=1S/C11H16ClN5O2/c1-2-19-11-15-9(12)14-10(16-11)13-7-8(18)17-5-3-4-6-17/h2-7H2,1H3,(H,13,14,15,16). The number of aromatic nitrogens is 3. The van der Waals surface area contributed by atoms with Crippen molar-refractivity contribution in [3.63, 3.8) is 0 Å². The Kier molecular flexibility index (Phi) is 4.73. The Morgan fingerprint density at radius 1 is 1.37 bits per heavy atom. The molecule has 0 spiro atoms. The van der Waals surface area contributed by atoms with Crippen LogP contribution in [0.3, 0.4) is 0 Å². The van der Waals surface area contributed by atoms with Gasteiger partial charge in [0.25, 0.3) is 0 Å². The van der Waals surface area contributed by atoms with Gasteiger partial charge in [-0.3, -0.25) is 4.79 Å². The normalized spacial score (nSPS) is 14.5. The van der Waals surface area contributed by atoms with E-state index in [1.807, 2.05) is 11.8 Å². The first-order chi connectivity index (χ1) is 9.19. The van der Waals surface area contributed by atoms with Gasteiger partial charge in [0.2, 0.25) is 17.1 Å². The topological polar surface area (TPSA) is 80.2 Å². The first-order valence-electron chi connectivity index (χ1n) is 6.25. The number of likely N-dealkylation sites (tertiary alicyclic amines) is 1. The second-order valence-electron chi connectivity index (χ2n) is 4.09. The number of ether oxygens (including phenoxy) is 1. The molecule has 2 heterocycles. The number of nitrogens with one attached hydrogen (secondary N) is 1. The summed E-state index contributed by atoms with van der Waals surface area (Å²) in [4.78, 5) is 25.4. The molecule has 0 atom stereocenters. The van der Waals surface area contributed by atoms with Crippen molar-refractivity contribution in [2.24, 2.45) is 0 Å². The first-order valence-corrected chi connectivity index (χ1v) is 6.63. The number of anilines is 1. The Morgan fingerprint density at radius 2 is 2.11 bits per heavy atom. The Hall–Kier alpha value is -1.63. The number of hydrogen-bond donors (Lipinski definition) is 1. The van der Waals surface area contributed by atoms with E-state index in [1.165, 1.54) is 0 Å². The molecule has 0 saturated carbocycles. The molecule has 1 aromatic heterocycles. The molecule has 8 heteroatoms. The summed E-state index contributed by atoms with van der Waals surface area (Å²) in [6.45, 7) is 4.05. The highest BCUT2D eigenvalue weighted by Crippen LogP contribution is 2.12. The van der Waals surface area contributed by atoms with Gasteiger partial charge in [-0.25, -0.2) is 0 Å². The lowest BCUT2D eigenvalue weighted by molar-refractivity contribution is -0.128. The van der Waals surface area contributed by atoms with Crippen molar-refractivity contribution in [3.05, 3.63) is 5.28 Å². The highest BCUT2D eigenvalue weighted by Gasteiger charge is 2.17. The van der Waals surface area contributed by atoms with Gasteiger partial charge in [0.15, 0.2) is 0 Å². The molecule has 2 rings (SSSR count). The molecule has 0 aromatic carbocycles. The van der Waals surface area contributed by atoms with Crippen LogP contribution in [-0.4, -0.2) is 52.0 Å². The summed E-state index contributed by atoms with van der Waals surface area (Å²) in [6, 6.07) is 0.152. The van der Waals surface area contributed by atoms with Crippen LogP contribution < -0.4 is 10.1 Å². The fourth-order valence-electron chi connectivity index (χ4n) is 1.84. The van der Waals surface area contributed by atoms with Crippen molar-refractivity contribution in [2.45, 2.75) is 19.8 Å². The van der Waals surface area contributed by atoms with Gasteiger partial charge in [-0.05, 0) is 31.4 Å². The van der Waals surface area contributed by atoms with E-state index < -0.39 is 0 Å². The molecule has 1 saturated heterocycles. The summed E-state index contributed by atoms with van der Waals surface area (Å²) in [5.74, 6) is 0.281. The van der Waals surface area contributed by atoms with Crippen LogP contribution in [-0.2, 0) is 4.79 Å². The van der Waals surface area contributed by atoms with Crippen LogP contribution in [0.2, 0.25) is 5.28 Å². The van der Waals surface area contributed by atoms with Crippen molar-refractivity contribution in [1.29, 1.82) is 0 Å². The van der Waals surface area contributed by atoms with Crippen molar-refractivity contribution >= 4 is 23.5 Å². The molecular formula is C11H16ClN5O2. The maximum atomic E-state index is 11.8. The Morgan fingerprint density at radius 3 is 2.79 bits per heavy atom. The first kappa shape index (κ1) is 13.8. The molecule has 1 aromatic rings. The summed E-state index contributed by atoms with van der Waals surface area (Å²) in [7, 11) is 0. The molecule has 19 heavy (non-hydrogen) atoms. The van der Waals surface area contributed by atoms with E-state index in [-0.39, 0.29) is 29.7 Å². The van der Waals surface area contributed by atoms with Crippen molar-refractivity contribution in [1.82, 2.24) is 19.9 Å². The van der Waals surface area contributed by atoms with E-state index in [2.05, 4.69) is 20.3 Å². The molecule has 0 bridgehead atoms. The van der Waals surface area contributed by atoms with Crippen LogP contribution in [0.1, 0.15) is 19.8 Å². The predicted octanol–water partition coefficient (Wildman–Crippen LogP) is 0.958. The van der Waals surface area contributed by atoms with Crippen molar-refractivity contribution in [3.8, 4) is 6.01 Å². The smallest absolute Gasteiger partial charge is 0.322 e. The van der Waals surface area contributed by atoms with Crippen molar-refractivity contribution in [2.75, 3.05) is 31.6 Å². The maximum Gasteiger partial charge on any atom is 0.322 e. The summed E-state index contributed by atoms with van der Waals surface area (Å²) < 4.78 is 5.15. The highest BCUT2D eigenvalue weighted by molar-refractivity contribution is 6.28. The fourth-order valence-corrected chi connectivity index (χ4v) is 1.99. The molecule has 104 valence electrons. The monoisotopic (exact) mass is 285 g/mol. The zero-order chi connectivity index (χ0) is 13.7. The lowest BCUT2D eigenvalue weighted by atomic mass is 10.4. The Labute approximate surface area is 116 Å². The molecule has 0 radical (unpaired) electrons. The number of halogens is 1. The SMILES string of the molecule is CCOc1nc(Cl)nc(NCC(=O)N2CCCC2)n1. The van der Waals surface area contributed by atoms with E-state index in [9.17, 15) is 4.79 Å². The van der Waals surface area contributed by atoms with Gasteiger partial charge < -0.3 is 15.0 Å². The van der Waals surface area contributed by atoms with Crippen LogP contribution in [0, 0.1) is 0 Å². The van der Waals surface area contributed by atoms with E-state index in [1.54, 1.807) is 0 Å². The van der Waals surface area contributed by atoms with Gasteiger partial charge in [-0.2, -0.15) is 15.0 Å². The zero-order valence-corrected chi connectivity index (χ0v) is 11.5. The van der Waals surface area contributed by atoms with Crippen molar-refractivity contribution < 1.29 is 9.53 Å². The van der Waals surface area contributed by atoms with E-state index >= 15 is 0 Å². The molecule has 1 N–H and O–H groups in total. The largest absolute Gasteiger partial charge is 0.464 e. The molecule has 1 fully saturated rings. The van der Waals surface area contributed by atoms with Gasteiger partial charge >= 0.3 is 6.01 Å². The summed E-state index contributed by atoms with van der Waals surface area (Å²) in [5.41, 5.74) is 0. The van der Waals surface area contributed by atoms with Crippen LogP contribution in [0.5, 0.6) is 6.01 Å². The Balaban J connectivity index is 1.92. The number of hydrogen-bond acceptors (Lipinski definition) is 6. The predicted molar refractivity (Wildman–Crippen MR) is 70.3 cm³/mol. The molecule has 0 aliphatic carbocycles. The van der Waals surface area contributed by atoms with Gasteiger partial charge in [0.1, 0.15) is 0 Å². The lowest BCUT2D eigenvalue weighted by Crippen LogP contribution is -2.33. The molecule has 1 aliphatic rings. The third-order valence-corrected chi connectivity index (χ3v) is 2.89. The minimum atomic E-state index is 0.0343. The lowest BCUT2D eigenvalue weighted by Gasteiger charge is -2.15. The number of rotatable bonds is 5. The van der Waals surface area contributed by atoms with E-state index in [4.69, 9.17) is 16.3 Å². The number of nitrogens with zero attached hydrogens (tertiary/aromatic N) is 4. The zero-order valence-electron chi connectivity index (χ0n) is 10.7. The second-order valence-corrected chi connectivity index (χ2v) is 4.42. The number of carbonyl (C=O) groups is 1. The summed E-state index contributed by atoms with van der Waals surface area (Å²) in [5, 5.41) is 2.88. The number of carbonyl (C=O) groups excluding carboxylic acids is 1. The maximum absolute atomic E-state index is 11.8. The quantitative estimate of drug-likeness (QED) is 0.868. The van der Waals surface area contributed by atoms with Crippen LogP contribution in [0.15, 0.2) is 0 Å². The highest BCUT2D eigenvalue weighted by atomic mass is 35.5. The minimum Gasteiger partial charge on any atom is -0.464 e. The van der Waals surface area contributed by atoms with Gasteiger partial charge in [0.05, 0.1) is 13.2 Å². The third kappa shape index (κ3) is 3.92. The van der Waals surface area contributed by atoms with Gasteiger partial charge in [-0.1, -0.05) is 0 Å². The molecule has 1 aliphatic heterocycles. The van der Waals surface area contributed by atoms with Crippen LogP contribution >= 0.6 is 11.6 Å². The van der Waals surface area contributed by atoms with E-state index in [0.717, 1.165) is 25.9 Å². The molecule has 1 amide bonds. The van der Waals surface area contributed by atoms with Crippen LogP contribution in [0.25, 0.3) is 0 Å². The fraction of sp³-hybridized carbons (Fsp3) is 0.636. The third-order valence-electron chi connectivity index (χ3n) is 2.72. The van der Waals surface area contributed by atoms with Gasteiger partial charge in [0, 0.05) is 13.1 Å². The summed E-state index contributed by atoms with van der Waals surface area (Å²) >= 11 is 5.75. The molecule has 7 nitrogen and oxygen atoms in total. The molecule has 0 unspecified atom stereocenters. The average molecular weight is 286 g/mol. The minimum absolute atomic E-state index is 0.0343. The number of amides is 1. The average Bonchev–Trinajstić information content (AvgIpc) is 2.89. The van der Waals surface area contributed by atoms with Crippen LogP contribution in [0.4, 0.5) is 5.95 Å². The van der Waals surface area contributed by atoms with E-state index in [0.29, 0.717) is 6.61 Å². The Bertz CT molecular complexity index is 451. The molecular weight excluding hydrogens is 270 g/mol. The van der Waals surface area contributed by atoms with Gasteiger partial charge in [-0.15, -0.1) is 0 Å². The second kappa shape index (κ2) is 6.51.